The van der Waals surface area contributed by atoms with Gasteiger partial charge in [-0.25, -0.2) is 4.98 Å². The van der Waals surface area contributed by atoms with Crippen molar-refractivity contribution in [3.05, 3.63) is 71.6 Å². The predicted molar refractivity (Wildman–Crippen MR) is 114 cm³/mol. The van der Waals surface area contributed by atoms with E-state index in [9.17, 15) is 14.4 Å². The zero-order valence-corrected chi connectivity index (χ0v) is 17.5. The van der Waals surface area contributed by atoms with E-state index in [1.807, 2.05) is 30.3 Å². The van der Waals surface area contributed by atoms with E-state index >= 15 is 0 Å². The maximum Gasteiger partial charge on any atom is 0.312 e. The number of aromatic nitrogens is 1. The number of hydrogen-bond acceptors (Lipinski definition) is 6. The van der Waals surface area contributed by atoms with Gasteiger partial charge in [-0.3, -0.25) is 14.4 Å². The molecular formula is C22H20ClN3O5. The Balaban J connectivity index is 1.43. The monoisotopic (exact) mass is 441 g/mol. The largest absolute Gasteiger partial charge is 0.455 e. The van der Waals surface area contributed by atoms with Crippen molar-refractivity contribution < 1.29 is 23.5 Å². The number of esters is 1. The number of para-hydroxylation sites is 1. The topological polar surface area (TPSA) is 102 Å². The van der Waals surface area contributed by atoms with Crippen molar-refractivity contribution in [2.24, 2.45) is 0 Å². The summed E-state index contributed by atoms with van der Waals surface area (Å²) in [6.45, 7) is -0.705. The fourth-order valence-electron chi connectivity index (χ4n) is 2.61. The Hall–Kier alpha value is -3.65. The Morgan fingerprint density at radius 3 is 2.55 bits per heavy atom. The van der Waals surface area contributed by atoms with Crippen molar-refractivity contribution in [1.82, 2.24) is 9.88 Å². The zero-order valence-electron chi connectivity index (χ0n) is 16.7. The van der Waals surface area contributed by atoms with Gasteiger partial charge in [-0.2, -0.15) is 0 Å². The number of nitrogens with one attached hydrogen (secondary N) is 1. The number of benzene rings is 2. The van der Waals surface area contributed by atoms with Crippen LogP contribution in [-0.2, 0) is 25.5 Å². The van der Waals surface area contributed by atoms with Gasteiger partial charge in [0, 0.05) is 12.6 Å². The van der Waals surface area contributed by atoms with Crippen LogP contribution < -0.4 is 5.32 Å². The fraction of sp³-hybridized carbons (Fsp3) is 0.182. The number of carbonyl (C=O) groups is 3. The normalized spacial score (nSPS) is 10.4. The van der Waals surface area contributed by atoms with E-state index < -0.39 is 24.4 Å². The molecule has 2 aromatic carbocycles. The van der Waals surface area contributed by atoms with Crippen LogP contribution >= 0.6 is 11.6 Å². The lowest BCUT2D eigenvalue weighted by molar-refractivity contribution is -0.151. The van der Waals surface area contributed by atoms with E-state index in [0.717, 1.165) is 10.5 Å². The molecule has 0 spiro atoms. The van der Waals surface area contributed by atoms with Crippen LogP contribution in [0.1, 0.15) is 5.69 Å². The van der Waals surface area contributed by atoms with Gasteiger partial charge in [0.15, 0.2) is 6.61 Å². The maximum atomic E-state index is 12.2. The lowest BCUT2D eigenvalue weighted by Gasteiger charge is -2.17. The summed E-state index contributed by atoms with van der Waals surface area (Å²) in [4.78, 5) is 41.7. The molecule has 0 fully saturated rings. The number of oxazole rings is 1. The molecule has 0 bridgehead atoms. The van der Waals surface area contributed by atoms with Gasteiger partial charge in [-0.15, -0.1) is 0 Å². The second-order valence-electron chi connectivity index (χ2n) is 6.63. The molecule has 31 heavy (non-hydrogen) atoms. The van der Waals surface area contributed by atoms with Gasteiger partial charge in [0.05, 0.1) is 29.4 Å². The summed E-state index contributed by atoms with van der Waals surface area (Å²) in [6.07, 6.45) is 1.23. The molecular weight excluding hydrogens is 422 g/mol. The highest BCUT2D eigenvalue weighted by Crippen LogP contribution is 2.20. The Labute approximate surface area is 183 Å². The maximum absolute atomic E-state index is 12.2. The number of carbonyl (C=O) groups excluding carboxylic acids is 3. The molecule has 1 N–H and O–H groups in total. The van der Waals surface area contributed by atoms with Crippen molar-refractivity contribution in [1.29, 1.82) is 0 Å². The van der Waals surface area contributed by atoms with Crippen LogP contribution in [0.25, 0.3) is 11.5 Å². The number of amides is 2. The smallest absolute Gasteiger partial charge is 0.312 e. The average Bonchev–Trinajstić information content (AvgIpc) is 3.22. The van der Waals surface area contributed by atoms with Gasteiger partial charge in [-0.1, -0.05) is 41.9 Å². The second-order valence-corrected chi connectivity index (χ2v) is 7.03. The highest BCUT2D eigenvalue weighted by molar-refractivity contribution is 6.33. The summed E-state index contributed by atoms with van der Waals surface area (Å²) in [5.41, 5.74) is 1.63. The number of rotatable bonds is 8. The van der Waals surface area contributed by atoms with Gasteiger partial charge in [0.25, 0.3) is 5.91 Å². The second kappa shape index (κ2) is 10.4. The lowest BCUT2D eigenvalue weighted by atomic mass is 10.2. The Kier molecular flexibility index (Phi) is 7.40. The first kappa shape index (κ1) is 22.0. The van der Waals surface area contributed by atoms with Gasteiger partial charge < -0.3 is 19.4 Å². The van der Waals surface area contributed by atoms with Crippen molar-refractivity contribution in [2.75, 3.05) is 25.5 Å². The minimum Gasteiger partial charge on any atom is -0.455 e. The third kappa shape index (κ3) is 6.42. The standard InChI is InChI=1S/C22H20ClN3O5/c1-26(12-19(27)25-18-10-6-5-9-17(18)23)20(28)14-30-21(29)11-16-13-31-22(24-16)15-7-3-2-4-8-15/h2-10,13H,11-12,14H2,1H3,(H,25,27). The minimum atomic E-state index is -0.629. The number of nitrogens with zero attached hydrogens (tertiary/aromatic N) is 2. The SMILES string of the molecule is CN(CC(=O)Nc1ccccc1Cl)C(=O)COC(=O)Cc1coc(-c2ccccc2)n1. The van der Waals surface area contributed by atoms with Crippen LogP contribution in [0, 0.1) is 0 Å². The van der Waals surface area contributed by atoms with E-state index in [-0.39, 0.29) is 13.0 Å². The molecule has 0 radical (unpaired) electrons. The Bertz CT molecular complexity index is 1070. The molecule has 3 rings (SSSR count). The van der Waals surface area contributed by atoms with E-state index in [4.69, 9.17) is 20.8 Å². The van der Waals surface area contributed by atoms with Crippen LogP contribution in [0.3, 0.4) is 0 Å². The lowest BCUT2D eigenvalue weighted by Crippen LogP contribution is -2.37. The van der Waals surface area contributed by atoms with Gasteiger partial charge in [0.2, 0.25) is 11.8 Å². The molecule has 0 aliphatic carbocycles. The molecule has 0 aliphatic heterocycles. The number of halogens is 1. The third-order valence-corrected chi connectivity index (χ3v) is 4.54. The third-order valence-electron chi connectivity index (χ3n) is 4.21. The van der Waals surface area contributed by atoms with E-state index in [0.29, 0.717) is 22.3 Å². The molecule has 1 aromatic heterocycles. The molecule has 160 valence electrons. The fourth-order valence-corrected chi connectivity index (χ4v) is 2.79. The summed E-state index contributed by atoms with van der Waals surface area (Å²) in [7, 11) is 1.44. The Morgan fingerprint density at radius 1 is 1.10 bits per heavy atom. The molecule has 8 nitrogen and oxygen atoms in total. The molecule has 0 saturated heterocycles. The van der Waals surface area contributed by atoms with Crippen molar-refractivity contribution in [3.8, 4) is 11.5 Å². The summed E-state index contributed by atoms with van der Waals surface area (Å²) in [6, 6.07) is 16.0. The quantitative estimate of drug-likeness (QED) is 0.539. The van der Waals surface area contributed by atoms with E-state index in [1.54, 1.807) is 24.3 Å². The summed E-state index contributed by atoms with van der Waals surface area (Å²) < 4.78 is 10.4. The zero-order chi connectivity index (χ0) is 22.2. The summed E-state index contributed by atoms with van der Waals surface area (Å²) >= 11 is 5.99. The molecule has 0 unspecified atom stereocenters. The van der Waals surface area contributed by atoms with Crippen LogP contribution in [0.5, 0.6) is 0 Å². The average molecular weight is 442 g/mol. The van der Waals surface area contributed by atoms with Crippen molar-refractivity contribution in [2.45, 2.75) is 6.42 Å². The number of likely N-dealkylation sites (N-methyl/N-ethyl adjacent to an activating group) is 1. The predicted octanol–water partition coefficient (Wildman–Crippen LogP) is 3.18. The molecule has 2 amide bonds. The number of ether oxygens (including phenoxy) is 1. The van der Waals surface area contributed by atoms with Crippen LogP contribution in [0.4, 0.5) is 5.69 Å². The van der Waals surface area contributed by atoms with Gasteiger partial charge >= 0.3 is 5.97 Å². The van der Waals surface area contributed by atoms with Crippen LogP contribution in [0.15, 0.2) is 65.3 Å². The van der Waals surface area contributed by atoms with Crippen LogP contribution in [-0.4, -0.2) is 47.9 Å². The first-order valence-corrected chi connectivity index (χ1v) is 9.74. The van der Waals surface area contributed by atoms with Crippen molar-refractivity contribution in [3.63, 3.8) is 0 Å². The number of hydrogen-bond donors (Lipinski definition) is 1. The van der Waals surface area contributed by atoms with E-state index in [1.165, 1.54) is 13.3 Å². The highest BCUT2D eigenvalue weighted by atomic mass is 35.5. The first-order chi connectivity index (χ1) is 14.9. The molecule has 0 aliphatic rings. The van der Waals surface area contributed by atoms with Gasteiger partial charge in [0.1, 0.15) is 6.26 Å². The van der Waals surface area contributed by atoms with E-state index in [2.05, 4.69) is 10.3 Å². The minimum absolute atomic E-state index is 0.139. The summed E-state index contributed by atoms with van der Waals surface area (Å²) in [5, 5.41) is 3.01. The van der Waals surface area contributed by atoms with Gasteiger partial charge in [-0.05, 0) is 24.3 Å². The number of anilines is 1. The first-order valence-electron chi connectivity index (χ1n) is 9.36. The molecule has 9 heteroatoms. The van der Waals surface area contributed by atoms with Crippen molar-refractivity contribution >= 4 is 35.1 Å². The molecule has 0 saturated carbocycles. The molecule has 3 aromatic rings. The Morgan fingerprint density at radius 2 is 1.81 bits per heavy atom. The highest BCUT2D eigenvalue weighted by Gasteiger charge is 2.17. The molecule has 1 heterocycles. The van der Waals surface area contributed by atoms with Crippen LogP contribution in [0.2, 0.25) is 5.02 Å². The molecule has 0 atom stereocenters. The summed E-state index contributed by atoms with van der Waals surface area (Å²) in [5.74, 6) is -1.18.